The SMILES string of the molecule is CCCCCCCCON1C(C)(C)CC(C2[CH]CC(C)(C)N(C)C2(C)C)CC1(C)C. The minimum absolute atomic E-state index is 0.0596. The highest BCUT2D eigenvalue weighted by Crippen LogP contribution is 2.51. The van der Waals surface area contributed by atoms with E-state index in [1.54, 1.807) is 0 Å². The maximum absolute atomic E-state index is 6.47. The Hall–Kier alpha value is -0.120. The first-order valence-corrected chi connectivity index (χ1v) is 12.8. The van der Waals surface area contributed by atoms with E-state index in [0.717, 1.165) is 6.61 Å². The lowest BCUT2D eigenvalue weighted by atomic mass is 9.61. The van der Waals surface area contributed by atoms with Crippen LogP contribution in [-0.4, -0.2) is 45.8 Å². The number of nitrogens with zero attached hydrogens (tertiary/aromatic N) is 2. The lowest BCUT2D eigenvalue weighted by Crippen LogP contribution is -2.66. The predicted octanol–water partition coefficient (Wildman–Crippen LogP) is 7.26. The Labute approximate surface area is 189 Å². The van der Waals surface area contributed by atoms with E-state index in [-0.39, 0.29) is 22.2 Å². The van der Waals surface area contributed by atoms with Crippen LogP contribution >= 0.6 is 0 Å². The average molecular weight is 422 g/mol. The lowest BCUT2D eigenvalue weighted by Gasteiger charge is -2.61. The van der Waals surface area contributed by atoms with Crippen LogP contribution in [0.4, 0.5) is 0 Å². The first-order valence-electron chi connectivity index (χ1n) is 12.8. The van der Waals surface area contributed by atoms with Crippen molar-refractivity contribution >= 4 is 0 Å². The monoisotopic (exact) mass is 421 g/mol. The van der Waals surface area contributed by atoms with Gasteiger partial charge < -0.3 is 0 Å². The molecule has 0 bridgehead atoms. The fraction of sp³-hybridized carbons (Fsp3) is 0.963. The molecule has 0 aromatic heterocycles. The quantitative estimate of drug-likeness (QED) is 0.364. The molecule has 0 spiro atoms. The molecule has 3 heteroatoms. The molecule has 0 aliphatic carbocycles. The second-order valence-corrected chi connectivity index (χ2v) is 12.7. The molecular weight excluding hydrogens is 368 g/mol. The molecule has 1 atom stereocenters. The van der Waals surface area contributed by atoms with Gasteiger partial charge in [-0.2, -0.15) is 5.06 Å². The van der Waals surface area contributed by atoms with E-state index in [2.05, 4.69) is 85.7 Å². The second-order valence-electron chi connectivity index (χ2n) is 12.7. The summed E-state index contributed by atoms with van der Waals surface area (Å²) in [7, 11) is 2.33. The van der Waals surface area contributed by atoms with Crippen LogP contribution in [0.1, 0.15) is 120 Å². The Balaban J connectivity index is 2.00. The standard InChI is InChI=1S/C27H53N2O/c1-11-12-13-14-15-16-19-30-29-25(4,5)20-22(21-26(29,6)7)23-17-18-24(2,3)28(10)27(23,8)9/h17,22-23H,11-16,18-21H2,1-10H3. The maximum Gasteiger partial charge on any atom is 0.0685 e. The zero-order valence-corrected chi connectivity index (χ0v) is 22.1. The number of hydrogen-bond donors (Lipinski definition) is 0. The van der Waals surface area contributed by atoms with Crippen molar-refractivity contribution < 1.29 is 4.84 Å². The molecule has 3 nitrogen and oxygen atoms in total. The molecule has 0 saturated carbocycles. The summed E-state index contributed by atoms with van der Waals surface area (Å²) >= 11 is 0. The van der Waals surface area contributed by atoms with Gasteiger partial charge in [0.2, 0.25) is 0 Å². The van der Waals surface area contributed by atoms with Crippen molar-refractivity contribution in [3.63, 3.8) is 0 Å². The van der Waals surface area contributed by atoms with Crippen LogP contribution in [0.25, 0.3) is 0 Å². The topological polar surface area (TPSA) is 15.7 Å². The number of rotatable bonds is 9. The first-order chi connectivity index (χ1) is 13.8. The summed E-state index contributed by atoms with van der Waals surface area (Å²) in [6.45, 7) is 22.4. The average Bonchev–Trinajstić information content (AvgIpc) is 2.60. The molecule has 30 heavy (non-hydrogen) atoms. The van der Waals surface area contributed by atoms with Gasteiger partial charge in [0, 0.05) is 22.2 Å². The van der Waals surface area contributed by atoms with Gasteiger partial charge in [0.1, 0.15) is 0 Å². The second kappa shape index (κ2) is 9.79. The smallest absolute Gasteiger partial charge is 0.0685 e. The zero-order chi connectivity index (χ0) is 22.8. The van der Waals surface area contributed by atoms with E-state index < -0.39 is 0 Å². The zero-order valence-electron chi connectivity index (χ0n) is 22.1. The maximum atomic E-state index is 6.47. The van der Waals surface area contributed by atoms with E-state index in [1.807, 2.05) is 0 Å². The molecule has 2 fully saturated rings. The summed E-state index contributed by atoms with van der Waals surface area (Å²) in [6, 6.07) is 0. The Morgan fingerprint density at radius 1 is 0.800 bits per heavy atom. The van der Waals surface area contributed by atoms with E-state index in [1.165, 1.54) is 57.8 Å². The third-order valence-electron chi connectivity index (χ3n) is 8.31. The van der Waals surface area contributed by atoms with E-state index in [9.17, 15) is 0 Å². The molecule has 2 saturated heterocycles. The van der Waals surface area contributed by atoms with E-state index in [0.29, 0.717) is 11.8 Å². The van der Waals surface area contributed by atoms with Gasteiger partial charge in [-0.25, -0.2) is 0 Å². The van der Waals surface area contributed by atoms with Crippen LogP contribution < -0.4 is 0 Å². The molecule has 2 aliphatic heterocycles. The van der Waals surface area contributed by atoms with Crippen molar-refractivity contribution in [1.29, 1.82) is 0 Å². The van der Waals surface area contributed by atoms with Gasteiger partial charge in [0.15, 0.2) is 0 Å². The molecule has 0 aromatic carbocycles. The van der Waals surface area contributed by atoms with Crippen LogP contribution in [0.15, 0.2) is 0 Å². The van der Waals surface area contributed by atoms with Gasteiger partial charge in [-0.15, -0.1) is 0 Å². The predicted molar refractivity (Wildman–Crippen MR) is 130 cm³/mol. The molecule has 2 heterocycles. The number of hydroxylamine groups is 2. The molecule has 2 rings (SSSR count). The van der Waals surface area contributed by atoms with Gasteiger partial charge in [-0.05, 0) is 106 Å². The van der Waals surface area contributed by atoms with Crippen molar-refractivity contribution in [1.82, 2.24) is 9.96 Å². The van der Waals surface area contributed by atoms with Gasteiger partial charge in [-0.1, -0.05) is 39.0 Å². The van der Waals surface area contributed by atoms with Crippen LogP contribution in [0.5, 0.6) is 0 Å². The number of hydrogen-bond acceptors (Lipinski definition) is 3. The van der Waals surface area contributed by atoms with Gasteiger partial charge >= 0.3 is 0 Å². The van der Waals surface area contributed by atoms with E-state index >= 15 is 0 Å². The van der Waals surface area contributed by atoms with Gasteiger partial charge in [0.25, 0.3) is 0 Å². The van der Waals surface area contributed by atoms with E-state index in [4.69, 9.17) is 4.84 Å². The van der Waals surface area contributed by atoms with Crippen molar-refractivity contribution in [3.05, 3.63) is 6.42 Å². The Bertz CT molecular complexity index is 519. The molecule has 2 aliphatic rings. The highest BCUT2D eigenvalue weighted by atomic mass is 16.7. The molecule has 1 radical (unpaired) electrons. The first kappa shape index (κ1) is 26.1. The highest BCUT2D eigenvalue weighted by molar-refractivity contribution is 5.11. The number of likely N-dealkylation sites (tertiary alicyclic amines) is 1. The Morgan fingerprint density at radius 2 is 1.33 bits per heavy atom. The van der Waals surface area contributed by atoms with Crippen LogP contribution in [0.3, 0.4) is 0 Å². The molecule has 177 valence electrons. The summed E-state index contributed by atoms with van der Waals surface area (Å²) in [4.78, 5) is 9.11. The molecule has 0 N–H and O–H groups in total. The minimum Gasteiger partial charge on any atom is -0.298 e. The summed E-state index contributed by atoms with van der Waals surface area (Å²) < 4.78 is 0. The van der Waals surface area contributed by atoms with Crippen molar-refractivity contribution in [2.45, 2.75) is 142 Å². The van der Waals surface area contributed by atoms with Gasteiger partial charge in [-0.3, -0.25) is 9.74 Å². The van der Waals surface area contributed by atoms with Crippen LogP contribution in [0.2, 0.25) is 0 Å². The largest absolute Gasteiger partial charge is 0.298 e. The third-order valence-corrected chi connectivity index (χ3v) is 8.31. The summed E-state index contributed by atoms with van der Waals surface area (Å²) in [5, 5.41) is 2.37. The summed E-state index contributed by atoms with van der Waals surface area (Å²) in [5.41, 5.74) is 0.542. The molecule has 1 unspecified atom stereocenters. The summed E-state index contributed by atoms with van der Waals surface area (Å²) in [6.07, 6.45) is 14.1. The summed E-state index contributed by atoms with van der Waals surface area (Å²) in [5.74, 6) is 1.31. The molecule has 0 amide bonds. The molecular formula is C27H53N2O. The van der Waals surface area contributed by atoms with Gasteiger partial charge in [0.05, 0.1) is 6.61 Å². The highest BCUT2D eigenvalue weighted by Gasteiger charge is 2.54. The molecule has 0 aromatic rings. The Morgan fingerprint density at radius 3 is 1.90 bits per heavy atom. The number of piperidine rings is 2. The fourth-order valence-corrected chi connectivity index (χ4v) is 6.60. The normalized spacial score (nSPS) is 29.2. The van der Waals surface area contributed by atoms with Crippen molar-refractivity contribution in [2.24, 2.45) is 11.8 Å². The van der Waals surface area contributed by atoms with Crippen LogP contribution in [0, 0.1) is 18.3 Å². The lowest BCUT2D eigenvalue weighted by molar-refractivity contribution is -0.292. The fourth-order valence-electron chi connectivity index (χ4n) is 6.60. The van der Waals surface area contributed by atoms with Crippen LogP contribution in [-0.2, 0) is 4.84 Å². The van der Waals surface area contributed by atoms with Crippen molar-refractivity contribution in [2.75, 3.05) is 13.7 Å². The third kappa shape index (κ3) is 5.81. The number of unbranched alkanes of at least 4 members (excludes halogenated alkanes) is 5. The Kier molecular flexibility index (Phi) is 8.53. The van der Waals surface area contributed by atoms with Crippen molar-refractivity contribution in [3.8, 4) is 0 Å². The minimum atomic E-state index is 0.0596.